The zero-order valence-electron chi connectivity index (χ0n) is 6.13. The first-order valence-electron chi connectivity index (χ1n) is 3.17. The van der Waals surface area contributed by atoms with Gasteiger partial charge >= 0.3 is 7.12 Å². The smallest absolute Gasteiger partial charge is 0.491 e. The third kappa shape index (κ3) is 1.61. The molecule has 0 aliphatic heterocycles. The lowest BCUT2D eigenvalue weighted by Crippen LogP contribution is -2.33. The van der Waals surface area contributed by atoms with Crippen molar-refractivity contribution in [2.45, 2.75) is 0 Å². The lowest BCUT2D eigenvalue weighted by Gasteiger charge is -2.04. The number of hydrogen-bond acceptors (Lipinski definition) is 3. The third-order valence-corrected chi connectivity index (χ3v) is 1.44. The van der Waals surface area contributed by atoms with Gasteiger partial charge in [-0.25, -0.2) is 8.78 Å². The van der Waals surface area contributed by atoms with Crippen molar-refractivity contribution in [2.75, 3.05) is 0 Å². The fourth-order valence-corrected chi connectivity index (χ4v) is 0.797. The van der Waals surface area contributed by atoms with Gasteiger partial charge in [-0.05, 0) is 6.07 Å². The summed E-state index contributed by atoms with van der Waals surface area (Å²) < 4.78 is 37.6. The molecule has 3 N–H and O–H groups in total. The maximum atomic E-state index is 12.7. The minimum Gasteiger partial charge on any atom is -0.503 e. The average molecular weight is 192 g/mol. The summed E-state index contributed by atoms with van der Waals surface area (Å²) >= 11 is 0. The van der Waals surface area contributed by atoms with Crippen molar-refractivity contribution < 1.29 is 28.3 Å². The Morgan fingerprint density at radius 3 is 2.08 bits per heavy atom. The van der Waals surface area contributed by atoms with E-state index in [4.69, 9.17) is 15.2 Å². The first kappa shape index (κ1) is 9.88. The van der Waals surface area contributed by atoms with Gasteiger partial charge in [-0.2, -0.15) is 4.39 Å². The second-order valence-electron chi connectivity index (χ2n) is 2.30. The fourth-order valence-electron chi connectivity index (χ4n) is 0.797. The molecule has 1 rings (SSSR count). The van der Waals surface area contributed by atoms with Crippen LogP contribution in [-0.2, 0) is 0 Å². The summed E-state index contributed by atoms with van der Waals surface area (Å²) in [6.07, 6.45) is 0. The second-order valence-corrected chi connectivity index (χ2v) is 2.30. The summed E-state index contributed by atoms with van der Waals surface area (Å²) in [6.45, 7) is 0. The zero-order valence-corrected chi connectivity index (χ0v) is 6.13. The highest BCUT2D eigenvalue weighted by Crippen LogP contribution is 2.20. The molecule has 0 radical (unpaired) electrons. The molecule has 0 saturated heterocycles. The molecule has 0 aromatic heterocycles. The normalized spacial score (nSPS) is 10.2. The summed E-state index contributed by atoms with van der Waals surface area (Å²) in [4.78, 5) is 0. The molecule has 0 fully saturated rings. The van der Waals surface area contributed by atoms with Gasteiger partial charge in [0.15, 0.2) is 17.4 Å². The molecule has 7 heteroatoms. The van der Waals surface area contributed by atoms with E-state index in [0.29, 0.717) is 0 Å². The average Bonchev–Trinajstić information content (AvgIpc) is 2.07. The summed E-state index contributed by atoms with van der Waals surface area (Å²) in [5, 5.41) is 25.5. The molecule has 0 atom stereocenters. The van der Waals surface area contributed by atoms with E-state index < -0.39 is 35.8 Å². The van der Waals surface area contributed by atoms with Crippen molar-refractivity contribution in [1.82, 2.24) is 0 Å². The number of phenolic OH excluding ortho intramolecular Hbond substituents is 1. The lowest BCUT2D eigenvalue weighted by atomic mass is 9.79. The van der Waals surface area contributed by atoms with E-state index in [1.54, 1.807) is 0 Å². The molecule has 0 spiro atoms. The molecule has 13 heavy (non-hydrogen) atoms. The van der Waals surface area contributed by atoms with E-state index >= 15 is 0 Å². The van der Waals surface area contributed by atoms with E-state index in [1.807, 2.05) is 0 Å². The van der Waals surface area contributed by atoms with Gasteiger partial charge in [-0.3, -0.25) is 0 Å². The topological polar surface area (TPSA) is 60.7 Å². The molecule has 0 aliphatic carbocycles. The number of hydrogen-bond donors (Lipinski definition) is 3. The molecule has 0 heterocycles. The summed E-state index contributed by atoms with van der Waals surface area (Å²) in [5.74, 6) is -6.47. The van der Waals surface area contributed by atoms with Crippen LogP contribution in [0.15, 0.2) is 6.07 Å². The Hall–Kier alpha value is -1.21. The van der Waals surface area contributed by atoms with Crippen LogP contribution in [0.3, 0.4) is 0 Å². The minimum atomic E-state index is -2.30. The van der Waals surface area contributed by atoms with E-state index in [0.717, 1.165) is 0 Å². The van der Waals surface area contributed by atoms with E-state index in [1.165, 1.54) is 0 Å². The summed E-state index contributed by atoms with van der Waals surface area (Å²) in [6, 6.07) is 0.259. The van der Waals surface area contributed by atoms with Crippen molar-refractivity contribution in [3.8, 4) is 5.75 Å². The number of benzene rings is 1. The predicted octanol–water partition coefficient (Wildman–Crippen LogP) is -0.511. The van der Waals surface area contributed by atoms with E-state index in [-0.39, 0.29) is 6.07 Å². The van der Waals surface area contributed by atoms with Crippen LogP contribution in [0.2, 0.25) is 0 Å². The van der Waals surface area contributed by atoms with Crippen LogP contribution in [0.5, 0.6) is 5.75 Å². The first-order valence-corrected chi connectivity index (χ1v) is 3.17. The summed E-state index contributed by atoms with van der Waals surface area (Å²) in [7, 11) is -2.30. The monoisotopic (exact) mass is 192 g/mol. The molecule has 0 saturated carbocycles. The molecular formula is C6H4BF3O3. The number of aromatic hydroxyl groups is 1. The molecule has 1 aromatic rings. The Kier molecular flexibility index (Phi) is 2.49. The Balaban J connectivity index is 3.41. The van der Waals surface area contributed by atoms with Gasteiger partial charge in [-0.15, -0.1) is 0 Å². The van der Waals surface area contributed by atoms with Gasteiger partial charge in [-0.1, -0.05) is 0 Å². The standard InChI is InChI=1S/C6H4BF3O3/c8-3-1-2(7(12)13)4(9)6(11)5(3)10/h1,11-13H. The van der Waals surface area contributed by atoms with Gasteiger partial charge in [0.1, 0.15) is 0 Å². The van der Waals surface area contributed by atoms with Crippen molar-refractivity contribution in [3.05, 3.63) is 23.5 Å². The highest BCUT2D eigenvalue weighted by Gasteiger charge is 2.24. The molecule has 0 aliphatic rings. The van der Waals surface area contributed by atoms with Crippen LogP contribution < -0.4 is 5.46 Å². The van der Waals surface area contributed by atoms with Crippen LogP contribution in [0, 0.1) is 17.5 Å². The second kappa shape index (κ2) is 3.27. The van der Waals surface area contributed by atoms with Gasteiger partial charge < -0.3 is 15.2 Å². The van der Waals surface area contributed by atoms with Gasteiger partial charge in [0.05, 0.1) is 0 Å². The highest BCUT2D eigenvalue weighted by molar-refractivity contribution is 6.58. The largest absolute Gasteiger partial charge is 0.503 e. The minimum absolute atomic E-state index is 0.259. The van der Waals surface area contributed by atoms with Crippen molar-refractivity contribution in [3.63, 3.8) is 0 Å². The van der Waals surface area contributed by atoms with Crippen LogP contribution in [0.4, 0.5) is 13.2 Å². The van der Waals surface area contributed by atoms with Gasteiger partial charge in [0, 0.05) is 5.46 Å². The van der Waals surface area contributed by atoms with Crippen LogP contribution in [0.1, 0.15) is 0 Å². The summed E-state index contributed by atoms with van der Waals surface area (Å²) in [5.41, 5.74) is -0.920. The van der Waals surface area contributed by atoms with Crippen molar-refractivity contribution >= 4 is 12.6 Å². The van der Waals surface area contributed by atoms with E-state index in [9.17, 15) is 13.2 Å². The SMILES string of the molecule is OB(O)c1cc(F)c(F)c(O)c1F. The van der Waals surface area contributed by atoms with Crippen molar-refractivity contribution in [2.24, 2.45) is 0 Å². The highest BCUT2D eigenvalue weighted by atomic mass is 19.2. The Morgan fingerprint density at radius 2 is 1.62 bits per heavy atom. The molecule has 1 aromatic carbocycles. The molecule has 70 valence electrons. The third-order valence-electron chi connectivity index (χ3n) is 1.44. The quantitative estimate of drug-likeness (QED) is 0.414. The van der Waals surface area contributed by atoms with Crippen molar-refractivity contribution in [1.29, 1.82) is 0 Å². The number of rotatable bonds is 1. The lowest BCUT2D eigenvalue weighted by molar-refractivity contribution is 0.374. The Labute approximate surface area is 71.2 Å². The predicted molar refractivity (Wildman–Crippen MR) is 37.8 cm³/mol. The number of phenols is 1. The molecule has 0 unspecified atom stereocenters. The Morgan fingerprint density at radius 1 is 1.08 bits per heavy atom. The molecule has 3 nitrogen and oxygen atoms in total. The molecule has 0 bridgehead atoms. The van der Waals surface area contributed by atoms with Gasteiger partial charge in [0.2, 0.25) is 5.82 Å². The van der Waals surface area contributed by atoms with E-state index in [2.05, 4.69) is 0 Å². The van der Waals surface area contributed by atoms with Crippen LogP contribution in [0.25, 0.3) is 0 Å². The van der Waals surface area contributed by atoms with Crippen LogP contribution in [-0.4, -0.2) is 22.3 Å². The fraction of sp³-hybridized carbons (Fsp3) is 0. The van der Waals surface area contributed by atoms with Crippen LogP contribution >= 0.6 is 0 Å². The van der Waals surface area contributed by atoms with Gasteiger partial charge in [0.25, 0.3) is 0 Å². The maximum Gasteiger partial charge on any atom is 0.491 e. The maximum absolute atomic E-state index is 12.7. The molecule has 0 amide bonds. The first-order chi connectivity index (χ1) is 5.95. The number of halogens is 3. The zero-order chi connectivity index (χ0) is 10.2. The Bertz CT molecular complexity index is 342. The molecular weight excluding hydrogens is 188 g/mol.